The van der Waals surface area contributed by atoms with Crippen LogP contribution in [0.15, 0.2) is 12.1 Å². The molecule has 1 aliphatic rings. The van der Waals surface area contributed by atoms with Gasteiger partial charge in [-0.2, -0.15) is 0 Å². The summed E-state index contributed by atoms with van der Waals surface area (Å²) in [5, 5.41) is 11.9. The standard InChI is InChI=1S/C13H17ClN2O3S/c1-16(7-9-4-5-10(14)20-9)11(17)6-15-12(13(18)19)8-2-3-8/h4-5,8,12,15H,2-3,6-7H2,1H3,(H,18,19). The number of likely N-dealkylation sites (N-methyl/N-ethyl adjacent to an activating group) is 1. The van der Waals surface area contributed by atoms with Gasteiger partial charge in [-0.3, -0.25) is 14.9 Å². The second kappa shape index (κ2) is 6.56. The lowest BCUT2D eigenvalue weighted by molar-refractivity contribution is -0.140. The van der Waals surface area contributed by atoms with E-state index in [4.69, 9.17) is 16.7 Å². The molecule has 2 rings (SSSR count). The van der Waals surface area contributed by atoms with Crippen LogP contribution in [-0.2, 0) is 16.1 Å². The summed E-state index contributed by atoms with van der Waals surface area (Å²) < 4.78 is 0.693. The average Bonchev–Trinajstić information content (AvgIpc) is 3.13. The van der Waals surface area contributed by atoms with Gasteiger partial charge in [0.15, 0.2) is 0 Å². The van der Waals surface area contributed by atoms with Crippen LogP contribution in [-0.4, -0.2) is 41.5 Å². The molecule has 0 bridgehead atoms. The molecule has 1 saturated carbocycles. The van der Waals surface area contributed by atoms with E-state index < -0.39 is 12.0 Å². The zero-order chi connectivity index (χ0) is 14.7. The van der Waals surface area contributed by atoms with Gasteiger partial charge in [-0.05, 0) is 30.9 Å². The number of carboxylic acid groups (broad SMARTS) is 1. The minimum atomic E-state index is -0.881. The summed E-state index contributed by atoms with van der Waals surface area (Å²) in [4.78, 5) is 25.6. The molecule has 0 radical (unpaired) electrons. The molecule has 20 heavy (non-hydrogen) atoms. The number of halogens is 1. The number of nitrogens with one attached hydrogen (secondary N) is 1. The van der Waals surface area contributed by atoms with Crippen molar-refractivity contribution in [2.45, 2.75) is 25.4 Å². The first-order valence-electron chi connectivity index (χ1n) is 6.41. The highest BCUT2D eigenvalue weighted by molar-refractivity contribution is 7.16. The fourth-order valence-corrected chi connectivity index (χ4v) is 3.12. The molecule has 0 aromatic carbocycles. The maximum absolute atomic E-state index is 12.0. The van der Waals surface area contributed by atoms with Crippen LogP contribution in [0.1, 0.15) is 17.7 Å². The summed E-state index contributed by atoms with van der Waals surface area (Å²) >= 11 is 7.27. The minimum Gasteiger partial charge on any atom is -0.480 e. The molecule has 1 heterocycles. The number of hydrogen-bond acceptors (Lipinski definition) is 4. The Morgan fingerprint density at radius 3 is 2.75 bits per heavy atom. The van der Waals surface area contributed by atoms with Gasteiger partial charge in [-0.25, -0.2) is 0 Å². The lowest BCUT2D eigenvalue weighted by Gasteiger charge is -2.19. The van der Waals surface area contributed by atoms with E-state index in [-0.39, 0.29) is 18.4 Å². The van der Waals surface area contributed by atoms with Crippen molar-refractivity contribution < 1.29 is 14.7 Å². The Kier molecular flexibility index (Phi) is 5.01. The van der Waals surface area contributed by atoms with E-state index >= 15 is 0 Å². The third-order valence-electron chi connectivity index (χ3n) is 3.28. The molecule has 1 aromatic heterocycles. The Morgan fingerprint density at radius 2 is 2.25 bits per heavy atom. The number of carbonyl (C=O) groups is 2. The zero-order valence-corrected chi connectivity index (χ0v) is 12.7. The van der Waals surface area contributed by atoms with Crippen molar-refractivity contribution in [2.75, 3.05) is 13.6 Å². The van der Waals surface area contributed by atoms with Crippen LogP contribution in [0.2, 0.25) is 4.34 Å². The quantitative estimate of drug-likeness (QED) is 0.805. The zero-order valence-electron chi connectivity index (χ0n) is 11.1. The van der Waals surface area contributed by atoms with Crippen molar-refractivity contribution in [3.63, 3.8) is 0 Å². The largest absolute Gasteiger partial charge is 0.480 e. The number of hydrogen-bond donors (Lipinski definition) is 2. The van der Waals surface area contributed by atoms with E-state index in [0.29, 0.717) is 10.9 Å². The van der Waals surface area contributed by atoms with Crippen LogP contribution in [0.3, 0.4) is 0 Å². The molecule has 0 aliphatic heterocycles. The number of rotatable bonds is 7. The highest BCUT2D eigenvalue weighted by Gasteiger charge is 2.36. The Labute approximate surface area is 126 Å². The molecule has 1 aromatic rings. The molecule has 7 heteroatoms. The molecular formula is C13H17ClN2O3S. The Morgan fingerprint density at radius 1 is 1.55 bits per heavy atom. The Balaban J connectivity index is 1.80. The number of nitrogens with zero attached hydrogens (tertiary/aromatic N) is 1. The van der Waals surface area contributed by atoms with Crippen LogP contribution in [0.5, 0.6) is 0 Å². The van der Waals surface area contributed by atoms with Crippen LogP contribution in [0.25, 0.3) is 0 Å². The van der Waals surface area contributed by atoms with Crippen molar-refractivity contribution in [2.24, 2.45) is 5.92 Å². The summed E-state index contributed by atoms with van der Waals surface area (Å²) in [6, 6.07) is 3.07. The third-order valence-corrected chi connectivity index (χ3v) is 4.50. The second-order valence-corrected chi connectivity index (χ2v) is 6.79. The number of amides is 1. The van der Waals surface area contributed by atoms with Gasteiger partial charge in [0.2, 0.25) is 5.91 Å². The normalized spacial score (nSPS) is 15.9. The maximum atomic E-state index is 12.0. The van der Waals surface area contributed by atoms with Crippen molar-refractivity contribution in [1.29, 1.82) is 0 Å². The maximum Gasteiger partial charge on any atom is 0.320 e. The highest BCUT2D eigenvalue weighted by Crippen LogP contribution is 2.32. The van der Waals surface area contributed by atoms with E-state index in [1.807, 2.05) is 6.07 Å². The molecule has 0 saturated heterocycles. The first-order chi connectivity index (χ1) is 9.47. The summed E-state index contributed by atoms with van der Waals surface area (Å²) in [7, 11) is 1.70. The molecule has 5 nitrogen and oxygen atoms in total. The molecule has 1 amide bonds. The monoisotopic (exact) mass is 316 g/mol. The van der Waals surface area contributed by atoms with Crippen molar-refractivity contribution in [1.82, 2.24) is 10.2 Å². The summed E-state index contributed by atoms with van der Waals surface area (Å²) in [6.07, 6.45) is 1.84. The molecule has 1 fully saturated rings. The molecular weight excluding hydrogens is 300 g/mol. The molecule has 1 atom stereocenters. The Bertz CT molecular complexity index is 502. The molecule has 0 spiro atoms. The van der Waals surface area contributed by atoms with Crippen molar-refractivity contribution in [3.8, 4) is 0 Å². The summed E-state index contributed by atoms with van der Waals surface area (Å²) in [5.74, 6) is -0.837. The summed E-state index contributed by atoms with van der Waals surface area (Å²) in [5.41, 5.74) is 0. The van der Waals surface area contributed by atoms with Gasteiger partial charge in [-0.1, -0.05) is 11.6 Å². The van der Waals surface area contributed by atoms with Gasteiger partial charge in [0.1, 0.15) is 6.04 Å². The first-order valence-corrected chi connectivity index (χ1v) is 7.61. The number of carbonyl (C=O) groups excluding carboxylic acids is 1. The van der Waals surface area contributed by atoms with Crippen LogP contribution in [0.4, 0.5) is 0 Å². The van der Waals surface area contributed by atoms with Gasteiger partial charge in [0.25, 0.3) is 0 Å². The van der Waals surface area contributed by atoms with Crippen LogP contribution < -0.4 is 5.32 Å². The second-order valence-electron chi connectivity index (χ2n) is 4.99. The average molecular weight is 317 g/mol. The van der Waals surface area contributed by atoms with Crippen molar-refractivity contribution >= 4 is 34.8 Å². The van der Waals surface area contributed by atoms with Gasteiger partial charge in [-0.15, -0.1) is 11.3 Å². The highest BCUT2D eigenvalue weighted by atomic mass is 35.5. The van der Waals surface area contributed by atoms with Crippen LogP contribution in [0, 0.1) is 5.92 Å². The van der Waals surface area contributed by atoms with E-state index in [1.165, 1.54) is 11.3 Å². The lowest BCUT2D eigenvalue weighted by atomic mass is 10.2. The number of thiophene rings is 1. The van der Waals surface area contributed by atoms with E-state index in [1.54, 1.807) is 18.0 Å². The summed E-state index contributed by atoms with van der Waals surface area (Å²) in [6.45, 7) is 0.530. The van der Waals surface area contributed by atoms with Crippen LogP contribution >= 0.6 is 22.9 Å². The molecule has 1 aliphatic carbocycles. The van der Waals surface area contributed by atoms with Gasteiger partial charge in [0, 0.05) is 11.9 Å². The predicted molar refractivity (Wildman–Crippen MR) is 78.0 cm³/mol. The number of carboxylic acids is 1. The van der Waals surface area contributed by atoms with Gasteiger partial charge >= 0.3 is 5.97 Å². The fraction of sp³-hybridized carbons (Fsp3) is 0.538. The SMILES string of the molecule is CN(Cc1ccc(Cl)s1)C(=O)CNC(C(=O)O)C1CC1. The van der Waals surface area contributed by atoms with Gasteiger partial charge in [0.05, 0.1) is 17.4 Å². The molecule has 1 unspecified atom stereocenters. The molecule has 110 valence electrons. The van der Waals surface area contributed by atoms with Gasteiger partial charge < -0.3 is 10.0 Å². The van der Waals surface area contributed by atoms with E-state index in [2.05, 4.69) is 5.32 Å². The first kappa shape index (κ1) is 15.3. The van der Waals surface area contributed by atoms with E-state index in [9.17, 15) is 9.59 Å². The minimum absolute atomic E-state index is 0.0447. The third kappa shape index (κ3) is 4.19. The topological polar surface area (TPSA) is 69.6 Å². The van der Waals surface area contributed by atoms with E-state index in [0.717, 1.165) is 17.7 Å². The lowest BCUT2D eigenvalue weighted by Crippen LogP contribution is -2.44. The smallest absolute Gasteiger partial charge is 0.320 e. The predicted octanol–water partition coefficient (Wildman–Crippen LogP) is 1.81. The van der Waals surface area contributed by atoms with Crippen molar-refractivity contribution in [3.05, 3.63) is 21.3 Å². The molecule has 2 N–H and O–H groups in total. The Hall–Kier alpha value is -1.11. The number of aliphatic carboxylic acids is 1. The fourth-order valence-electron chi connectivity index (χ4n) is 1.98.